The maximum Gasteiger partial charge on any atom is 0.160 e. The lowest BCUT2D eigenvalue weighted by molar-refractivity contribution is 0.302. The summed E-state index contributed by atoms with van der Waals surface area (Å²) in [4.78, 5) is 0. The Bertz CT molecular complexity index is 1030. The van der Waals surface area contributed by atoms with Crippen LogP contribution >= 0.6 is 47.2 Å². The molecular formula is C24H25Cl4NO3. The van der Waals surface area contributed by atoms with Crippen molar-refractivity contribution in [3.05, 3.63) is 86.4 Å². The van der Waals surface area contributed by atoms with Crippen LogP contribution in [-0.4, -0.2) is 20.8 Å². The second-order valence-corrected chi connectivity index (χ2v) is 8.17. The molecule has 0 amide bonds. The zero-order chi connectivity index (χ0) is 22.2. The highest BCUT2D eigenvalue weighted by Crippen LogP contribution is 2.28. The van der Waals surface area contributed by atoms with Crippen molar-refractivity contribution >= 4 is 47.2 Å². The molecule has 0 unspecified atom stereocenters. The van der Waals surface area contributed by atoms with Crippen molar-refractivity contribution in [2.24, 2.45) is 0 Å². The molecule has 0 saturated heterocycles. The van der Waals surface area contributed by atoms with Crippen molar-refractivity contribution < 1.29 is 14.2 Å². The Hall–Kier alpha value is -1.82. The molecule has 0 aromatic heterocycles. The molecule has 32 heavy (non-hydrogen) atoms. The van der Waals surface area contributed by atoms with E-state index in [9.17, 15) is 0 Å². The van der Waals surface area contributed by atoms with Gasteiger partial charge in [0.15, 0.2) is 11.5 Å². The molecule has 172 valence electrons. The fraction of sp³-hybridized carbons (Fsp3) is 0.250. The summed E-state index contributed by atoms with van der Waals surface area (Å²) in [6.45, 7) is 1.75. The number of halogens is 4. The van der Waals surface area contributed by atoms with Crippen LogP contribution in [0.3, 0.4) is 0 Å². The summed E-state index contributed by atoms with van der Waals surface area (Å²) >= 11 is 18.4. The molecule has 0 fully saturated rings. The predicted molar refractivity (Wildman–Crippen MR) is 134 cm³/mol. The van der Waals surface area contributed by atoms with Crippen LogP contribution in [0.5, 0.6) is 17.2 Å². The van der Waals surface area contributed by atoms with E-state index >= 15 is 0 Å². The Labute approximate surface area is 210 Å². The van der Waals surface area contributed by atoms with Gasteiger partial charge in [0, 0.05) is 32.7 Å². The molecule has 1 N–H and O–H groups in total. The minimum atomic E-state index is 0. The first-order valence-corrected chi connectivity index (χ1v) is 10.9. The second kappa shape index (κ2) is 13.0. The first-order valence-electron chi connectivity index (χ1n) is 9.77. The van der Waals surface area contributed by atoms with Crippen LogP contribution in [-0.2, 0) is 19.6 Å². The van der Waals surface area contributed by atoms with Gasteiger partial charge in [-0.1, -0.05) is 46.9 Å². The molecule has 3 aromatic carbocycles. The van der Waals surface area contributed by atoms with Gasteiger partial charge in [-0.15, -0.1) is 12.4 Å². The van der Waals surface area contributed by atoms with Gasteiger partial charge in [-0.2, -0.15) is 0 Å². The summed E-state index contributed by atoms with van der Waals surface area (Å²) in [5.41, 5.74) is 3.00. The topological polar surface area (TPSA) is 39.7 Å². The van der Waals surface area contributed by atoms with Crippen LogP contribution < -0.4 is 19.5 Å². The average Bonchev–Trinajstić information content (AvgIpc) is 2.77. The molecule has 0 aliphatic heterocycles. The molecule has 0 aliphatic rings. The lowest BCUT2D eigenvalue weighted by atomic mass is 10.1. The fourth-order valence-electron chi connectivity index (χ4n) is 3.11. The second-order valence-electron chi connectivity index (χ2n) is 6.89. The Kier molecular flexibility index (Phi) is 10.8. The molecular weight excluding hydrogens is 492 g/mol. The average molecular weight is 517 g/mol. The molecule has 0 aliphatic carbocycles. The molecule has 0 atom stereocenters. The zero-order valence-corrected chi connectivity index (χ0v) is 20.9. The molecule has 0 spiro atoms. The predicted octanol–water partition coefficient (Wildman–Crippen LogP) is 7.00. The van der Waals surface area contributed by atoms with Crippen molar-refractivity contribution in [3.8, 4) is 17.2 Å². The molecule has 0 radical (unpaired) electrons. The Morgan fingerprint density at radius 1 is 0.750 bits per heavy atom. The van der Waals surface area contributed by atoms with Crippen molar-refractivity contribution in [2.75, 3.05) is 20.8 Å². The van der Waals surface area contributed by atoms with Gasteiger partial charge in [0.25, 0.3) is 0 Å². The lowest BCUT2D eigenvalue weighted by Crippen LogP contribution is -2.17. The van der Waals surface area contributed by atoms with Gasteiger partial charge in [-0.25, -0.2) is 0 Å². The maximum absolute atomic E-state index is 6.25. The third-order valence-corrected chi connectivity index (χ3v) is 5.60. The Morgan fingerprint density at radius 2 is 1.44 bits per heavy atom. The third kappa shape index (κ3) is 7.36. The number of methoxy groups -OCH3 is 2. The SMILES string of the molecule is COc1ccc(CCNCc2cc(Cl)ccc2OCc2ccc(Cl)cc2Cl)cc1OC.Cl. The van der Waals surface area contributed by atoms with Gasteiger partial charge < -0.3 is 19.5 Å². The minimum absolute atomic E-state index is 0. The van der Waals surface area contributed by atoms with E-state index in [4.69, 9.17) is 49.0 Å². The standard InChI is InChI=1S/C24H24Cl3NO3.ClH/c1-29-23-7-3-16(11-24(23)30-2)9-10-28-14-18-12-19(25)6-8-22(18)31-15-17-4-5-20(26)13-21(17)27;/h3-8,11-13,28H,9-10,14-15H2,1-2H3;1H. The monoisotopic (exact) mass is 515 g/mol. The summed E-state index contributed by atoms with van der Waals surface area (Å²) < 4.78 is 16.7. The van der Waals surface area contributed by atoms with E-state index in [1.165, 1.54) is 0 Å². The van der Waals surface area contributed by atoms with Crippen LogP contribution in [0, 0.1) is 0 Å². The molecule has 3 rings (SSSR count). The number of rotatable bonds is 10. The molecule has 3 aromatic rings. The highest BCUT2D eigenvalue weighted by Gasteiger charge is 2.08. The summed E-state index contributed by atoms with van der Waals surface area (Å²) in [6.07, 6.45) is 0.845. The highest BCUT2D eigenvalue weighted by molar-refractivity contribution is 6.35. The van der Waals surface area contributed by atoms with Gasteiger partial charge >= 0.3 is 0 Å². The van der Waals surface area contributed by atoms with Gasteiger partial charge in [-0.05, 0) is 61.0 Å². The van der Waals surface area contributed by atoms with Crippen LogP contribution in [0.4, 0.5) is 0 Å². The number of hydrogen-bond acceptors (Lipinski definition) is 4. The first kappa shape index (κ1) is 26.4. The number of nitrogens with one attached hydrogen (secondary N) is 1. The fourth-order valence-corrected chi connectivity index (χ4v) is 3.77. The van der Waals surface area contributed by atoms with Crippen molar-refractivity contribution in [2.45, 2.75) is 19.6 Å². The smallest absolute Gasteiger partial charge is 0.160 e. The van der Waals surface area contributed by atoms with Crippen LogP contribution in [0.15, 0.2) is 54.6 Å². The first-order chi connectivity index (χ1) is 15.0. The Balaban J connectivity index is 0.00000363. The van der Waals surface area contributed by atoms with E-state index in [0.717, 1.165) is 46.9 Å². The van der Waals surface area contributed by atoms with Crippen LogP contribution in [0.25, 0.3) is 0 Å². The Morgan fingerprint density at radius 3 is 2.16 bits per heavy atom. The third-order valence-electron chi connectivity index (χ3n) is 4.77. The van der Waals surface area contributed by atoms with Crippen LogP contribution in [0.2, 0.25) is 15.1 Å². The molecule has 0 saturated carbocycles. The molecule has 4 nitrogen and oxygen atoms in total. The van der Waals surface area contributed by atoms with E-state index in [1.807, 2.05) is 42.5 Å². The summed E-state index contributed by atoms with van der Waals surface area (Å²) in [5.74, 6) is 2.21. The van der Waals surface area contributed by atoms with Crippen molar-refractivity contribution in [1.82, 2.24) is 5.32 Å². The van der Waals surface area contributed by atoms with Crippen molar-refractivity contribution in [3.63, 3.8) is 0 Å². The number of ether oxygens (including phenoxy) is 3. The molecule has 0 heterocycles. The van der Waals surface area contributed by atoms with E-state index < -0.39 is 0 Å². The zero-order valence-electron chi connectivity index (χ0n) is 17.8. The lowest BCUT2D eigenvalue weighted by Gasteiger charge is -2.14. The number of hydrogen-bond donors (Lipinski definition) is 1. The van der Waals surface area contributed by atoms with E-state index in [0.29, 0.717) is 28.2 Å². The summed E-state index contributed by atoms with van der Waals surface area (Å²) in [7, 11) is 3.27. The normalized spacial score (nSPS) is 10.4. The minimum Gasteiger partial charge on any atom is -0.493 e. The van der Waals surface area contributed by atoms with Gasteiger partial charge in [0.05, 0.1) is 14.2 Å². The van der Waals surface area contributed by atoms with Gasteiger partial charge in [0.2, 0.25) is 0 Å². The van der Waals surface area contributed by atoms with E-state index in [2.05, 4.69) is 5.32 Å². The largest absolute Gasteiger partial charge is 0.493 e. The number of benzene rings is 3. The highest BCUT2D eigenvalue weighted by atomic mass is 35.5. The van der Waals surface area contributed by atoms with Gasteiger partial charge in [-0.3, -0.25) is 0 Å². The summed E-state index contributed by atoms with van der Waals surface area (Å²) in [6, 6.07) is 16.9. The van der Waals surface area contributed by atoms with Crippen LogP contribution in [0.1, 0.15) is 16.7 Å². The van der Waals surface area contributed by atoms with E-state index in [1.54, 1.807) is 26.4 Å². The van der Waals surface area contributed by atoms with Crippen molar-refractivity contribution in [1.29, 1.82) is 0 Å². The summed E-state index contributed by atoms with van der Waals surface area (Å²) in [5, 5.41) is 5.28. The van der Waals surface area contributed by atoms with Gasteiger partial charge in [0.1, 0.15) is 12.4 Å². The quantitative estimate of drug-likeness (QED) is 0.294. The molecule has 0 bridgehead atoms. The van der Waals surface area contributed by atoms with E-state index in [-0.39, 0.29) is 12.4 Å². The molecule has 8 heteroatoms. The maximum atomic E-state index is 6.25.